The maximum absolute atomic E-state index is 9.63. The quantitative estimate of drug-likeness (QED) is 0.737. The molecule has 0 spiro atoms. The fourth-order valence-corrected chi connectivity index (χ4v) is 3.93. The fourth-order valence-electron chi connectivity index (χ4n) is 3.93. The van der Waals surface area contributed by atoms with Crippen LogP contribution in [0.4, 0.5) is 0 Å². The summed E-state index contributed by atoms with van der Waals surface area (Å²) in [6.45, 7) is 8.40. The van der Waals surface area contributed by atoms with Gasteiger partial charge in [0, 0.05) is 17.9 Å². The van der Waals surface area contributed by atoms with Crippen molar-refractivity contribution in [1.29, 1.82) is 5.26 Å². The molecule has 1 aromatic rings. The van der Waals surface area contributed by atoms with Gasteiger partial charge in [-0.3, -0.25) is 5.43 Å². The van der Waals surface area contributed by atoms with Gasteiger partial charge in [0.05, 0.1) is 5.57 Å². The molecule has 3 rings (SSSR count). The van der Waals surface area contributed by atoms with Crippen LogP contribution in [0, 0.1) is 38.0 Å². The lowest BCUT2D eigenvalue weighted by molar-refractivity contribution is 0.0349. The van der Waals surface area contributed by atoms with E-state index in [2.05, 4.69) is 56.7 Å². The van der Waals surface area contributed by atoms with Crippen LogP contribution in [0.3, 0.4) is 0 Å². The normalized spacial score (nSPS) is 30.7. The Balaban J connectivity index is 2.21. The lowest BCUT2D eigenvalue weighted by Gasteiger charge is -2.36. The number of hydrogen-bond acceptors (Lipinski definition) is 5. The number of ether oxygens (including phenoxy) is 1. The number of nitrogens with one attached hydrogen (secondary N) is 2. The van der Waals surface area contributed by atoms with Gasteiger partial charge in [-0.2, -0.15) is 5.26 Å². The Bertz CT molecular complexity index is 665. The third kappa shape index (κ3) is 2.16. The molecule has 4 N–H and O–H groups in total. The topological polar surface area (TPSA) is 83.1 Å². The minimum Gasteiger partial charge on any atom is -0.458 e. The van der Waals surface area contributed by atoms with E-state index in [0.717, 1.165) is 0 Å². The Morgan fingerprint density at radius 3 is 2.41 bits per heavy atom. The molecule has 5 heteroatoms. The Labute approximate surface area is 131 Å². The molecule has 2 aliphatic heterocycles. The molecular formula is C17H22N4O. The van der Waals surface area contributed by atoms with E-state index in [-0.39, 0.29) is 30.0 Å². The molecule has 0 aromatic heterocycles. The van der Waals surface area contributed by atoms with Gasteiger partial charge in [-0.05, 0) is 44.4 Å². The lowest BCUT2D eigenvalue weighted by Crippen LogP contribution is -2.41. The van der Waals surface area contributed by atoms with Gasteiger partial charge in [-0.1, -0.05) is 17.7 Å². The van der Waals surface area contributed by atoms with E-state index in [1.54, 1.807) is 0 Å². The van der Waals surface area contributed by atoms with E-state index >= 15 is 0 Å². The summed E-state index contributed by atoms with van der Waals surface area (Å²) in [6.07, 6.45) is -0.211. The van der Waals surface area contributed by atoms with Crippen molar-refractivity contribution in [1.82, 2.24) is 10.9 Å². The average Bonchev–Trinajstić information content (AvgIpc) is 2.78. The molecule has 4 atom stereocenters. The first kappa shape index (κ1) is 14.9. The van der Waals surface area contributed by atoms with Gasteiger partial charge < -0.3 is 10.5 Å². The van der Waals surface area contributed by atoms with Crippen LogP contribution in [-0.2, 0) is 4.74 Å². The fraction of sp³-hybridized carbons (Fsp3) is 0.471. The maximum Gasteiger partial charge on any atom is 0.200 e. The minimum atomic E-state index is -0.211. The zero-order chi connectivity index (χ0) is 16.0. The molecule has 5 nitrogen and oxygen atoms in total. The third-order valence-electron chi connectivity index (χ3n) is 4.76. The maximum atomic E-state index is 9.63. The number of benzene rings is 1. The van der Waals surface area contributed by atoms with Crippen molar-refractivity contribution in [2.75, 3.05) is 0 Å². The van der Waals surface area contributed by atoms with E-state index in [0.29, 0.717) is 5.57 Å². The highest BCUT2D eigenvalue weighted by molar-refractivity contribution is 5.49. The second-order valence-electron chi connectivity index (χ2n) is 6.37. The van der Waals surface area contributed by atoms with Crippen LogP contribution in [0.1, 0.15) is 35.1 Å². The molecule has 1 fully saturated rings. The Kier molecular flexibility index (Phi) is 3.59. The summed E-state index contributed by atoms with van der Waals surface area (Å²) < 4.78 is 5.70. The van der Waals surface area contributed by atoms with Crippen LogP contribution in [0.5, 0.6) is 0 Å². The zero-order valence-electron chi connectivity index (χ0n) is 13.4. The van der Waals surface area contributed by atoms with Crippen molar-refractivity contribution in [3.05, 3.63) is 45.8 Å². The highest BCUT2D eigenvalue weighted by atomic mass is 16.5. The van der Waals surface area contributed by atoms with Gasteiger partial charge in [0.2, 0.25) is 5.88 Å². The average molecular weight is 298 g/mol. The minimum absolute atomic E-state index is 0.0538. The van der Waals surface area contributed by atoms with E-state index in [4.69, 9.17) is 10.5 Å². The van der Waals surface area contributed by atoms with Crippen molar-refractivity contribution < 1.29 is 4.74 Å². The van der Waals surface area contributed by atoms with Crippen molar-refractivity contribution in [2.45, 2.75) is 45.9 Å². The van der Waals surface area contributed by atoms with Crippen LogP contribution in [0.25, 0.3) is 0 Å². The molecule has 2 heterocycles. The number of nitriles is 1. The number of nitrogens with two attached hydrogens (primary N) is 1. The second-order valence-corrected chi connectivity index (χ2v) is 6.37. The molecule has 1 aromatic carbocycles. The summed E-state index contributed by atoms with van der Waals surface area (Å²) in [5.74, 6) is 0.306. The van der Waals surface area contributed by atoms with Crippen molar-refractivity contribution in [3.63, 3.8) is 0 Å². The Morgan fingerprint density at radius 2 is 1.82 bits per heavy atom. The molecule has 4 unspecified atom stereocenters. The van der Waals surface area contributed by atoms with Gasteiger partial charge in [0.15, 0.2) is 6.23 Å². The summed E-state index contributed by atoms with van der Waals surface area (Å²) in [4.78, 5) is 0. The number of allylic oxidation sites excluding steroid dienone is 1. The molecule has 22 heavy (non-hydrogen) atoms. The molecule has 0 aliphatic carbocycles. The van der Waals surface area contributed by atoms with Gasteiger partial charge >= 0.3 is 0 Å². The van der Waals surface area contributed by atoms with Crippen LogP contribution < -0.4 is 16.6 Å². The summed E-state index contributed by atoms with van der Waals surface area (Å²) >= 11 is 0. The van der Waals surface area contributed by atoms with E-state index in [1.165, 1.54) is 22.3 Å². The number of hydrazine groups is 1. The summed E-state index contributed by atoms with van der Waals surface area (Å²) in [7, 11) is 0. The van der Waals surface area contributed by atoms with Crippen LogP contribution in [-0.4, -0.2) is 12.3 Å². The highest BCUT2D eigenvalue weighted by Gasteiger charge is 2.47. The first-order valence-corrected chi connectivity index (χ1v) is 7.59. The van der Waals surface area contributed by atoms with Gasteiger partial charge in [0.25, 0.3) is 0 Å². The first-order chi connectivity index (χ1) is 10.4. The number of rotatable bonds is 1. The summed E-state index contributed by atoms with van der Waals surface area (Å²) in [6, 6.07) is 6.80. The van der Waals surface area contributed by atoms with E-state index in [1.807, 2.05) is 0 Å². The third-order valence-corrected chi connectivity index (χ3v) is 4.76. The number of fused-ring (bicyclic) bond motifs is 1. The lowest BCUT2D eigenvalue weighted by atomic mass is 9.73. The molecule has 116 valence electrons. The number of nitrogens with zero attached hydrogens (tertiary/aromatic N) is 1. The van der Waals surface area contributed by atoms with Crippen LogP contribution >= 0.6 is 0 Å². The largest absolute Gasteiger partial charge is 0.458 e. The summed E-state index contributed by atoms with van der Waals surface area (Å²) in [5, 5.41) is 9.63. The molecule has 1 saturated heterocycles. The molecule has 0 bridgehead atoms. The van der Waals surface area contributed by atoms with Crippen molar-refractivity contribution >= 4 is 0 Å². The van der Waals surface area contributed by atoms with Crippen LogP contribution in [0.2, 0.25) is 0 Å². The SMILES string of the molecule is Cc1cc(C)c(C2C(C#N)=C(N)OC3NNC(C)C32)c(C)c1. The summed E-state index contributed by atoms with van der Waals surface area (Å²) in [5.41, 5.74) is 17.7. The zero-order valence-corrected chi connectivity index (χ0v) is 13.4. The monoisotopic (exact) mass is 298 g/mol. The highest BCUT2D eigenvalue weighted by Crippen LogP contribution is 2.44. The van der Waals surface area contributed by atoms with Crippen LogP contribution in [0.15, 0.2) is 23.6 Å². The van der Waals surface area contributed by atoms with Gasteiger partial charge in [-0.15, -0.1) is 0 Å². The number of aryl methyl sites for hydroxylation is 3. The second kappa shape index (κ2) is 5.31. The Hall–Kier alpha value is -2.03. The molecule has 0 amide bonds. The van der Waals surface area contributed by atoms with Gasteiger partial charge in [-0.25, -0.2) is 5.43 Å². The molecule has 2 aliphatic rings. The van der Waals surface area contributed by atoms with Gasteiger partial charge in [0.1, 0.15) is 6.07 Å². The Morgan fingerprint density at radius 1 is 1.18 bits per heavy atom. The molecule has 0 saturated carbocycles. The molecular weight excluding hydrogens is 276 g/mol. The number of hydrogen-bond donors (Lipinski definition) is 3. The predicted octanol–water partition coefficient (Wildman–Crippen LogP) is 1.86. The predicted molar refractivity (Wildman–Crippen MR) is 84.3 cm³/mol. The first-order valence-electron chi connectivity index (χ1n) is 7.59. The van der Waals surface area contributed by atoms with E-state index in [9.17, 15) is 5.26 Å². The van der Waals surface area contributed by atoms with Crippen molar-refractivity contribution in [3.8, 4) is 6.07 Å². The smallest absolute Gasteiger partial charge is 0.200 e. The van der Waals surface area contributed by atoms with E-state index < -0.39 is 0 Å². The van der Waals surface area contributed by atoms with Crippen molar-refractivity contribution in [2.24, 2.45) is 11.7 Å². The standard InChI is InChI=1S/C17H22N4O/c1-8-5-9(2)13(10(3)6-8)15-12(7-18)16(19)22-17-14(15)11(4)20-21-17/h5-6,11,14-15,17,20-21H,19H2,1-4H3. The molecule has 0 radical (unpaired) electrons.